The molecule has 0 saturated carbocycles. The maximum Gasteiger partial charge on any atom is 0.317 e. The minimum absolute atomic E-state index is 0.0700. The van der Waals surface area contributed by atoms with Crippen molar-refractivity contribution in [2.24, 2.45) is 0 Å². The summed E-state index contributed by atoms with van der Waals surface area (Å²) in [7, 11) is 0. The van der Waals surface area contributed by atoms with Crippen molar-refractivity contribution in [3.8, 4) is 0 Å². The first kappa shape index (κ1) is 22.3. The van der Waals surface area contributed by atoms with Crippen LogP contribution in [0.15, 0.2) is 0 Å². The van der Waals surface area contributed by atoms with E-state index in [0.29, 0.717) is 45.8 Å². The van der Waals surface area contributed by atoms with E-state index in [2.05, 4.69) is 5.32 Å². The first-order chi connectivity index (χ1) is 12.4. The van der Waals surface area contributed by atoms with Crippen molar-refractivity contribution < 1.29 is 29.7 Å². The molecular formula is C16H30N4O6. The Bertz CT molecular complexity index is 430. The Labute approximate surface area is 153 Å². The van der Waals surface area contributed by atoms with Crippen LogP contribution in [0.2, 0.25) is 0 Å². The van der Waals surface area contributed by atoms with Gasteiger partial charge in [-0.3, -0.25) is 29.1 Å². The summed E-state index contributed by atoms with van der Waals surface area (Å²) in [5, 5.41) is 30.4. The van der Waals surface area contributed by atoms with Gasteiger partial charge < -0.3 is 20.6 Å². The molecule has 1 aliphatic heterocycles. The second-order valence-corrected chi connectivity index (χ2v) is 6.47. The topological polar surface area (TPSA) is 134 Å². The highest BCUT2D eigenvalue weighted by Crippen LogP contribution is 2.00. The van der Waals surface area contributed by atoms with E-state index in [0.717, 1.165) is 19.4 Å². The Morgan fingerprint density at radius 2 is 1.04 bits per heavy atom. The Morgan fingerprint density at radius 1 is 0.615 bits per heavy atom. The van der Waals surface area contributed by atoms with Crippen LogP contribution in [0.3, 0.4) is 0 Å². The highest BCUT2D eigenvalue weighted by Gasteiger charge is 2.17. The largest absolute Gasteiger partial charge is 0.480 e. The first-order valence-corrected chi connectivity index (χ1v) is 8.90. The Morgan fingerprint density at radius 3 is 1.50 bits per heavy atom. The zero-order valence-electron chi connectivity index (χ0n) is 15.1. The van der Waals surface area contributed by atoms with Gasteiger partial charge in [0.05, 0.1) is 19.6 Å². The quantitative estimate of drug-likeness (QED) is 0.436. The second kappa shape index (κ2) is 12.6. The summed E-state index contributed by atoms with van der Waals surface area (Å²) in [6, 6.07) is 0. The van der Waals surface area contributed by atoms with E-state index >= 15 is 0 Å². The molecule has 0 aromatic heterocycles. The average Bonchev–Trinajstić information content (AvgIpc) is 2.53. The summed E-state index contributed by atoms with van der Waals surface area (Å²) in [5.41, 5.74) is 0. The molecule has 0 unspecified atom stereocenters. The highest BCUT2D eigenvalue weighted by molar-refractivity contribution is 5.69. The Hall–Kier alpha value is -1.75. The molecule has 10 nitrogen and oxygen atoms in total. The van der Waals surface area contributed by atoms with Gasteiger partial charge >= 0.3 is 17.9 Å². The molecule has 26 heavy (non-hydrogen) atoms. The summed E-state index contributed by atoms with van der Waals surface area (Å²) in [5.74, 6) is -2.77. The number of carboxylic acids is 3. The van der Waals surface area contributed by atoms with E-state index in [-0.39, 0.29) is 19.6 Å². The molecule has 1 aliphatic rings. The van der Waals surface area contributed by atoms with Gasteiger partial charge in [-0.1, -0.05) is 0 Å². The minimum Gasteiger partial charge on any atom is -0.480 e. The molecule has 0 atom stereocenters. The van der Waals surface area contributed by atoms with E-state index in [1.165, 1.54) is 0 Å². The van der Waals surface area contributed by atoms with Gasteiger partial charge in [-0.2, -0.15) is 0 Å². The number of hydrogen-bond donors (Lipinski definition) is 4. The Kier molecular flexibility index (Phi) is 10.8. The maximum atomic E-state index is 11.1. The van der Waals surface area contributed by atoms with Crippen molar-refractivity contribution in [3.05, 3.63) is 0 Å². The predicted molar refractivity (Wildman–Crippen MR) is 94.3 cm³/mol. The number of carboxylic acid groups (broad SMARTS) is 3. The van der Waals surface area contributed by atoms with Gasteiger partial charge in [0.1, 0.15) is 0 Å². The summed E-state index contributed by atoms with van der Waals surface area (Å²) in [4.78, 5) is 38.5. The molecule has 150 valence electrons. The number of carbonyl (C=O) groups is 3. The molecule has 0 aromatic carbocycles. The molecule has 0 bridgehead atoms. The van der Waals surface area contributed by atoms with E-state index < -0.39 is 17.9 Å². The molecule has 10 heteroatoms. The van der Waals surface area contributed by atoms with Crippen molar-refractivity contribution in [1.29, 1.82) is 0 Å². The summed E-state index contributed by atoms with van der Waals surface area (Å²) in [6.07, 6.45) is 1.74. The number of nitrogens with zero attached hydrogens (tertiary/aromatic N) is 3. The van der Waals surface area contributed by atoms with Crippen LogP contribution in [0.1, 0.15) is 12.8 Å². The zero-order valence-corrected chi connectivity index (χ0v) is 15.1. The lowest BCUT2D eigenvalue weighted by Gasteiger charge is -2.29. The van der Waals surface area contributed by atoms with Crippen LogP contribution in [0, 0.1) is 0 Å². The highest BCUT2D eigenvalue weighted by atomic mass is 16.4. The van der Waals surface area contributed by atoms with Crippen LogP contribution in [-0.2, 0) is 14.4 Å². The van der Waals surface area contributed by atoms with Crippen LogP contribution in [0.4, 0.5) is 0 Å². The third-order valence-corrected chi connectivity index (χ3v) is 4.22. The van der Waals surface area contributed by atoms with E-state index in [1.54, 1.807) is 9.80 Å². The number of aliphatic carboxylic acids is 3. The number of hydrogen-bond acceptors (Lipinski definition) is 7. The molecule has 1 saturated heterocycles. The fourth-order valence-electron chi connectivity index (χ4n) is 2.90. The molecule has 0 amide bonds. The molecule has 0 radical (unpaired) electrons. The third kappa shape index (κ3) is 11.0. The van der Waals surface area contributed by atoms with E-state index in [9.17, 15) is 14.4 Å². The first-order valence-electron chi connectivity index (χ1n) is 8.90. The monoisotopic (exact) mass is 374 g/mol. The average molecular weight is 374 g/mol. The lowest BCUT2D eigenvalue weighted by Crippen LogP contribution is -2.45. The lowest BCUT2D eigenvalue weighted by atomic mass is 10.2. The predicted octanol–water partition coefficient (Wildman–Crippen LogP) is -1.47. The normalized spacial score (nSPS) is 20.3. The van der Waals surface area contributed by atoms with Crippen LogP contribution in [0.5, 0.6) is 0 Å². The summed E-state index contributed by atoms with van der Waals surface area (Å²) in [6.45, 7) is 4.13. The molecular weight excluding hydrogens is 344 g/mol. The zero-order chi connectivity index (χ0) is 19.4. The summed E-state index contributed by atoms with van der Waals surface area (Å²) < 4.78 is 0. The van der Waals surface area contributed by atoms with Crippen LogP contribution < -0.4 is 5.32 Å². The Balaban J connectivity index is 2.72. The van der Waals surface area contributed by atoms with Gasteiger partial charge in [-0.25, -0.2) is 0 Å². The van der Waals surface area contributed by atoms with Gasteiger partial charge in [-0.05, 0) is 25.9 Å². The smallest absolute Gasteiger partial charge is 0.317 e. The molecule has 0 aromatic rings. The lowest BCUT2D eigenvalue weighted by molar-refractivity contribution is -0.140. The van der Waals surface area contributed by atoms with Gasteiger partial charge in [0.25, 0.3) is 0 Å². The fraction of sp³-hybridized carbons (Fsp3) is 0.812. The van der Waals surface area contributed by atoms with Crippen molar-refractivity contribution in [3.63, 3.8) is 0 Å². The van der Waals surface area contributed by atoms with E-state index in [1.807, 2.05) is 4.90 Å². The third-order valence-electron chi connectivity index (χ3n) is 4.22. The second-order valence-electron chi connectivity index (χ2n) is 6.47. The van der Waals surface area contributed by atoms with Crippen molar-refractivity contribution in [1.82, 2.24) is 20.0 Å². The summed E-state index contributed by atoms with van der Waals surface area (Å²) >= 11 is 0. The van der Waals surface area contributed by atoms with Crippen molar-refractivity contribution in [2.45, 2.75) is 12.8 Å². The molecule has 1 fully saturated rings. The molecule has 0 aliphatic carbocycles. The van der Waals surface area contributed by atoms with Crippen molar-refractivity contribution in [2.75, 3.05) is 72.0 Å². The van der Waals surface area contributed by atoms with Crippen LogP contribution >= 0.6 is 0 Å². The molecule has 4 N–H and O–H groups in total. The van der Waals surface area contributed by atoms with Gasteiger partial charge in [-0.15, -0.1) is 0 Å². The number of rotatable bonds is 6. The van der Waals surface area contributed by atoms with Crippen LogP contribution in [0.25, 0.3) is 0 Å². The van der Waals surface area contributed by atoms with Gasteiger partial charge in [0, 0.05) is 39.3 Å². The standard InChI is InChI=1S/C16H30N4O6/c21-14(22)11-18-5-2-1-3-17-4-6-19(12-15(23)24)8-10-20(9-7-18)13-16(25)26/h17H,1-13H2,(H,21,22)(H,23,24)(H,25,26). The van der Waals surface area contributed by atoms with Gasteiger partial charge in [0.15, 0.2) is 0 Å². The minimum atomic E-state index is -0.956. The van der Waals surface area contributed by atoms with Gasteiger partial charge in [0.2, 0.25) is 0 Å². The SMILES string of the molecule is O=C(O)CN1CCCCNCCN(CC(=O)O)CCN(CC(=O)O)CC1. The molecule has 1 rings (SSSR count). The number of nitrogens with one attached hydrogen (secondary N) is 1. The molecule has 0 spiro atoms. The van der Waals surface area contributed by atoms with E-state index in [4.69, 9.17) is 15.3 Å². The fourth-order valence-corrected chi connectivity index (χ4v) is 2.90. The maximum absolute atomic E-state index is 11.1. The molecule has 1 heterocycles. The van der Waals surface area contributed by atoms with Crippen molar-refractivity contribution >= 4 is 17.9 Å². The van der Waals surface area contributed by atoms with Crippen LogP contribution in [-0.4, -0.2) is 120 Å².